The molecule has 0 aliphatic carbocycles. The summed E-state index contributed by atoms with van der Waals surface area (Å²) < 4.78 is 32.0. The Balaban J connectivity index is 1.85. The molecule has 0 heterocycles. The number of nitrogens with one attached hydrogen (secondary N) is 1. The number of hydrogen-bond donors (Lipinski definition) is 2. The number of benzene rings is 2. The topological polar surface area (TPSA) is 81.4 Å². The first-order valence-corrected chi connectivity index (χ1v) is 8.00. The van der Waals surface area contributed by atoms with Crippen LogP contribution in [0.5, 0.6) is 5.75 Å². The molecule has 2 aromatic rings. The second-order valence-corrected chi connectivity index (χ2v) is 6.40. The molecule has 0 spiro atoms. The predicted octanol–water partition coefficient (Wildman–Crippen LogP) is 1.93. The molecule has 0 aromatic heterocycles. The van der Waals surface area contributed by atoms with Gasteiger partial charge in [-0.05, 0) is 43.3 Å². The van der Waals surface area contributed by atoms with E-state index in [0.29, 0.717) is 11.4 Å². The summed E-state index contributed by atoms with van der Waals surface area (Å²) in [7, 11) is -3.49. The number of sulfonamides is 1. The van der Waals surface area contributed by atoms with Gasteiger partial charge in [0.25, 0.3) is 0 Å². The number of nitrogens with two attached hydrogens (primary N) is 1. The lowest BCUT2D eigenvalue weighted by atomic mass is 10.2. The van der Waals surface area contributed by atoms with E-state index in [2.05, 4.69) is 4.72 Å². The van der Waals surface area contributed by atoms with Crippen molar-refractivity contribution in [3.8, 4) is 5.75 Å². The standard InChI is InChI=1S/C15H18N2O3S/c1-12-2-8-15(9-3-12)21(18,19)17-10-11-20-14-6-4-13(16)5-7-14/h2-9,17H,10-11,16H2,1H3. The van der Waals surface area contributed by atoms with Gasteiger partial charge in [-0.1, -0.05) is 17.7 Å². The molecule has 0 radical (unpaired) electrons. The number of rotatable bonds is 6. The van der Waals surface area contributed by atoms with Gasteiger partial charge < -0.3 is 10.5 Å². The fourth-order valence-electron chi connectivity index (χ4n) is 1.71. The Morgan fingerprint density at radius 3 is 2.29 bits per heavy atom. The van der Waals surface area contributed by atoms with Crippen LogP contribution in [0.4, 0.5) is 5.69 Å². The van der Waals surface area contributed by atoms with E-state index in [4.69, 9.17) is 10.5 Å². The number of ether oxygens (including phenoxy) is 1. The number of hydrogen-bond acceptors (Lipinski definition) is 4. The van der Waals surface area contributed by atoms with E-state index in [1.807, 2.05) is 6.92 Å². The lowest BCUT2D eigenvalue weighted by molar-refractivity contribution is 0.323. The summed E-state index contributed by atoms with van der Waals surface area (Å²) >= 11 is 0. The van der Waals surface area contributed by atoms with E-state index in [0.717, 1.165) is 5.56 Å². The van der Waals surface area contributed by atoms with Crippen LogP contribution in [-0.4, -0.2) is 21.6 Å². The Hall–Kier alpha value is -2.05. The predicted molar refractivity (Wildman–Crippen MR) is 82.7 cm³/mol. The minimum absolute atomic E-state index is 0.195. The first-order chi connectivity index (χ1) is 9.97. The molecular formula is C15H18N2O3S. The molecule has 0 fully saturated rings. The van der Waals surface area contributed by atoms with Gasteiger partial charge in [-0.3, -0.25) is 0 Å². The number of aryl methyl sites for hydroxylation is 1. The van der Waals surface area contributed by atoms with Gasteiger partial charge in [0.2, 0.25) is 10.0 Å². The van der Waals surface area contributed by atoms with Crippen molar-refractivity contribution < 1.29 is 13.2 Å². The van der Waals surface area contributed by atoms with Crippen molar-refractivity contribution in [1.82, 2.24) is 4.72 Å². The lowest BCUT2D eigenvalue weighted by Gasteiger charge is -2.09. The summed E-state index contributed by atoms with van der Waals surface area (Å²) in [6, 6.07) is 13.6. The SMILES string of the molecule is Cc1ccc(S(=O)(=O)NCCOc2ccc(N)cc2)cc1. The van der Waals surface area contributed by atoms with Crippen LogP contribution in [-0.2, 0) is 10.0 Å². The van der Waals surface area contributed by atoms with E-state index in [9.17, 15) is 8.42 Å². The summed E-state index contributed by atoms with van der Waals surface area (Å²) in [4.78, 5) is 0.251. The third-order valence-corrected chi connectivity index (χ3v) is 4.35. The molecule has 0 atom stereocenters. The summed E-state index contributed by atoms with van der Waals surface area (Å²) in [5.41, 5.74) is 7.24. The van der Waals surface area contributed by atoms with Crippen molar-refractivity contribution in [3.05, 3.63) is 54.1 Å². The van der Waals surface area contributed by atoms with Crippen LogP contribution >= 0.6 is 0 Å². The molecule has 0 saturated carbocycles. The summed E-state index contributed by atoms with van der Waals surface area (Å²) in [5.74, 6) is 0.652. The van der Waals surface area contributed by atoms with Crippen LogP contribution in [0.3, 0.4) is 0 Å². The molecule has 0 saturated heterocycles. The van der Waals surface area contributed by atoms with Gasteiger partial charge >= 0.3 is 0 Å². The van der Waals surface area contributed by atoms with Gasteiger partial charge in [-0.25, -0.2) is 13.1 Å². The van der Waals surface area contributed by atoms with Crippen LogP contribution < -0.4 is 15.2 Å². The zero-order valence-corrected chi connectivity index (χ0v) is 12.6. The molecule has 0 amide bonds. The van der Waals surface area contributed by atoms with Crippen LogP contribution in [0.2, 0.25) is 0 Å². The van der Waals surface area contributed by atoms with Crippen molar-refractivity contribution in [1.29, 1.82) is 0 Å². The molecule has 0 aliphatic rings. The summed E-state index contributed by atoms with van der Waals surface area (Å²) in [6.07, 6.45) is 0. The first-order valence-electron chi connectivity index (χ1n) is 6.52. The van der Waals surface area contributed by atoms with Crippen LogP contribution in [0.25, 0.3) is 0 Å². The van der Waals surface area contributed by atoms with E-state index >= 15 is 0 Å². The Kier molecular flexibility index (Phi) is 4.82. The highest BCUT2D eigenvalue weighted by Gasteiger charge is 2.12. The largest absolute Gasteiger partial charge is 0.492 e. The van der Waals surface area contributed by atoms with Crippen molar-refractivity contribution in [2.75, 3.05) is 18.9 Å². The highest BCUT2D eigenvalue weighted by atomic mass is 32.2. The highest BCUT2D eigenvalue weighted by molar-refractivity contribution is 7.89. The van der Waals surface area contributed by atoms with E-state index in [1.54, 1.807) is 48.5 Å². The molecule has 112 valence electrons. The summed E-state index contributed by atoms with van der Waals surface area (Å²) in [6.45, 7) is 2.35. The Morgan fingerprint density at radius 1 is 1.05 bits per heavy atom. The van der Waals surface area contributed by atoms with Crippen LogP contribution in [0.1, 0.15) is 5.56 Å². The summed E-state index contributed by atoms with van der Waals surface area (Å²) in [5, 5.41) is 0. The second kappa shape index (κ2) is 6.60. The number of anilines is 1. The molecular weight excluding hydrogens is 288 g/mol. The maximum atomic E-state index is 12.0. The fraction of sp³-hybridized carbons (Fsp3) is 0.200. The maximum absolute atomic E-state index is 12.0. The minimum atomic E-state index is -3.49. The lowest BCUT2D eigenvalue weighted by Crippen LogP contribution is -2.28. The number of nitrogen functional groups attached to an aromatic ring is 1. The molecule has 0 bridgehead atoms. The van der Waals surface area contributed by atoms with E-state index in [-0.39, 0.29) is 18.0 Å². The highest BCUT2D eigenvalue weighted by Crippen LogP contribution is 2.13. The van der Waals surface area contributed by atoms with Gasteiger partial charge in [0.05, 0.1) is 4.90 Å². The van der Waals surface area contributed by atoms with Gasteiger partial charge in [0, 0.05) is 12.2 Å². The minimum Gasteiger partial charge on any atom is -0.492 e. The third kappa shape index (κ3) is 4.47. The fourth-order valence-corrected chi connectivity index (χ4v) is 2.72. The average Bonchev–Trinajstić information content (AvgIpc) is 2.46. The van der Waals surface area contributed by atoms with Crippen molar-refractivity contribution in [2.24, 2.45) is 0 Å². The van der Waals surface area contributed by atoms with Gasteiger partial charge in [-0.15, -0.1) is 0 Å². The Labute approximate surface area is 124 Å². The van der Waals surface area contributed by atoms with Crippen molar-refractivity contribution in [3.63, 3.8) is 0 Å². The quantitative estimate of drug-likeness (QED) is 0.631. The molecule has 2 rings (SSSR count). The zero-order chi connectivity index (χ0) is 15.3. The monoisotopic (exact) mass is 306 g/mol. The van der Waals surface area contributed by atoms with Crippen molar-refractivity contribution in [2.45, 2.75) is 11.8 Å². The molecule has 0 unspecified atom stereocenters. The normalized spacial score (nSPS) is 11.3. The zero-order valence-electron chi connectivity index (χ0n) is 11.7. The molecule has 3 N–H and O–H groups in total. The van der Waals surface area contributed by atoms with Crippen molar-refractivity contribution >= 4 is 15.7 Å². The van der Waals surface area contributed by atoms with E-state index in [1.165, 1.54) is 0 Å². The van der Waals surface area contributed by atoms with Crippen LogP contribution in [0.15, 0.2) is 53.4 Å². The molecule has 21 heavy (non-hydrogen) atoms. The van der Waals surface area contributed by atoms with Gasteiger partial charge in [0.1, 0.15) is 12.4 Å². The molecule has 2 aromatic carbocycles. The molecule has 6 heteroatoms. The smallest absolute Gasteiger partial charge is 0.240 e. The average molecular weight is 306 g/mol. The van der Waals surface area contributed by atoms with Crippen LogP contribution in [0, 0.1) is 6.92 Å². The first kappa shape index (κ1) is 15.3. The third-order valence-electron chi connectivity index (χ3n) is 2.87. The molecule has 5 nitrogen and oxygen atoms in total. The molecule has 0 aliphatic heterocycles. The van der Waals surface area contributed by atoms with Gasteiger partial charge in [0.15, 0.2) is 0 Å². The Bertz CT molecular complexity index is 680. The maximum Gasteiger partial charge on any atom is 0.240 e. The second-order valence-electron chi connectivity index (χ2n) is 4.63. The van der Waals surface area contributed by atoms with Gasteiger partial charge in [-0.2, -0.15) is 0 Å². The van der Waals surface area contributed by atoms with E-state index < -0.39 is 10.0 Å². The Morgan fingerprint density at radius 2 is 1.67 bits per heavy atom.